The number of benzene rings is 2. The van der Waals surface area contributed by atoms with E-state index < -0.39 is 0 Å². The van der Waals surface area contributed by atoms with Gasteiger partial charge in [0.1, 0.15) is 17.1 Å². The van der Waals surface area contributed by atoms with Crippen molar-refractivity contribution in [3.63, 3.8) is 0 Å². The molecule has 0 bridgehead atoms. The van der Waals surface area contributed by atoms with Crippen LogP contribution in [0.4, 0.5) is 0 Å². The van der Waals surface area contributed by atoms with Crippen LogP contribution in [0.3, 0.4) is 0 Å². The smallest absolute Gasteiger partial charge is 0.191 e. The maximum Gasteiger partial charge on any atom is 0.191 e. The second-order valence-corrected chi connectivity index (χ2v) is 5.77. The lowest BCUT2D eigenvalue weighted by atomic mass is 10.1. The largest absolute Gasteiger partial charge is 0.497 e. The average Bonchev–Trinajstić information content (AvgIpc) is 2.98. The zero-order valence-electron chi connectivity index (χ0n) is 14.8. The fraction of sp³-hybridized carbons (Fsp3) is 0.250. The van der Waals surface area contributed by atoms with E-state index in [1.165, 1.54) is 0 Å². The van der Waals surface area contributed by atoms with Gasteiger partial charge in [0.2, 0.25) is 0 Å². The number of hydrogen-bond donors (Lipinski definition) is 2. The number of rotatable bonds is 5. The first-order valence-electron chi connectivity index (χ1n) is 8.25. The molecule has 0 fully saturated rings. The molecule has 0 radical (unpaired) electrons. The monoisotopic (exact) mass is 337 g/mol. The Morgan fingerprint density at radius 2 is 1.76 bits per heavy atom. The number of fused-ring (bicyclic) bond motifs is 1. The summed E-state index contributed by atoms with van der Waals surface area (Å²) in [6.45, 7) is 3.35. The molecule has 0 atom stereocenters. The van der Waals surface area contributed by atoms with Crippen molar-refractivity contribution in [3.8, 4) is 5.75 Å². The summed E-state index contributed by atoms with van der Waals surface area (Å²) in [5.41, 5.74) is 3.23. The molecule has 0 spiro atoms. The second-order valence-electron chi connectivity index (χ2n) is 5.77. The lowest BCUT2D eigenvalue weighted by molar-refractivity contribution is 0.414. The molecule has 0 aliphatic carbocycles. The minimum Gasteiger partial charge on any atom is -0.497 e. The molecule has 0 aliphatic rings. The molecule has 1 heterocycles. The molecule has 5 nitrogen and oxygen atoms in total. The summed E-state index contributed by atoms with van der Waals surface area (Å²) >= 11 is 0. The highest BCUT2D eigenvalue weighted by atomic mass is 16.5. The van der Waals surface area contributed by atoms with Gasteiger partial charge in [-0.15, -0.1) is 0 Å². The van der Waals surface area contributed by atoms with Crippen LogP contribution in [-0.2, 0) is 13.1 Å². The Hall–Kier alpha value is -2.95. The molecule has 0 aliphatic heterocycles. The highest BCUT2D eigenvalue weighted by Gasteiger charge is 2.10. The predicted octanol–water partition coefficient (Wildman–Crippen LogP) is 3.62. The third-order valence-corrected chi connectivity index (χ3v) is 4.20. The Kier molecular flexibility index (Phi) is 5.23. The van der Waals surface area contributed by atoms with E-state index in [9.17, 15) is 0 Å². The number of para-hydroxylation sites is 1. The van der Waals surface area contributed by atoms with E-state index in [4.69, 9.17) is 9.15 Å². The summed E-state index contributed by atoms with van der Waals surface area (Å²) in [6.07, 6.45) is 0. The number of guanidine groups is 1. The minimum atomic E-state index is 0.586. The summed E-state index contributed by atoms with van der Waals surface area (Å²) in [5.74, 6) is 2.51. The van der Waals surface area contributed by atoms with Gasteiger partial charge in [-0.2, -0.15) is 0 Å². The molecule has 2 N–H and O–H groups in total. The van der Waals surface area contributed by atoms with Crippen molar-refractivity contribution in [2.45, 2.75) is 20.0 Å². The number of furan rings is 1. The normalized spacial score (nSPS) is 11.6. The Bertz CT molecular complexity index is 866. The van der Waals surface area contributed by atoms with Gasteiger partial charge in [-0.05, 0) is 30.7 Å². The van der Waals surface area contributed by atoms with Crippen LogP contribution >= 0.6 is 0 Å². The van der Waals surface area contributed by atoms with Crippen molar-refractivity contribution in [2.24, 2.45) is 4.99 Å². The predicted molar refractivity (Wildman–Crippen MR) is 101 cm³/mol. The highest BCUT2D eigenvalue weighted by Crippen LogP contribution is 2.24. The Balaban J connectivity index is 1.59. The SMILES string of the molecule is CN=C(NCc1ccc(OC)cc1)NCc1oc2ccccc2c1C. The van der Waals surface area contributed by atoms with Crippen LogP contribution in [0.2, 0.25) is 0 Å². The fourth-order valence-corrected chi connectivity index (χ4v) is 2.71. The van der Waals surface area contributed by atoms with E-state index in [0.717, 1.165) is 39.6 Å². The van der Waals surface area contributed by atoms with Crippen LogP contribution in [0.15, 0.2) is 57.9 Å². The van der Waals surface area contributed by atoms with Gasteiger partial charge in [0, 0.05) is 24.5 Å². The van der Waals surface area contributed by atoms with Crippen molar-refractivity contribution in [1.82, 2.24) is 10.6 Å². The van der Waals surface area contributed by atoms with E-state index in [0.29, 0.717) is 13.1 Å². The highest BCUT2D eigenvalue weighted by molar-refractivity contribution is 5.82. The summed E-state index contributed by atoms with van der Waals surface area (Å²) in [6, 6.07) is 16.0. The van der Waals surface area contributed by atoms with E-state index in [1.54, 1.807) is 14.2 Å². The van der Waals surface area contributed by atoms with Gasteiger partial charge >= 0.3 is 0 Å². The number of nitrogens with one attached hydrogen (secondary N) is 2. The summed E-state index contributed by atoms with van der Waals surface area (Å²) in [4.78, 5) is 4.26. The van der Waals surface area contributed by atoms with Crippen molar-refractivity contribution >= 4 is 16.9 Å². The number of methoxy groups -OCH3 is 1. The van der Waals surface area contributed by atoms with Crippen molar-refractivity contribution < 1.29 is 9.15 Å². The molecular weight excluding hydrogens is 314 g/mol. The van der Waals surface area contributed by atoms with Crippen molar-refractivity contribution in [1.29, 1.82) is 0 Å². The van der Waals surface area contributed by atoms with Crippen molar-refractivity contribution in [3.05, 3.63) is 65.4 Å². The van der Waals surface area contributed by atoms with Gasteiger partial charge in [0.25, 0.3) is 0 Å². The van der Waals surface area contributed by atoms with Gasteiger partial charge in [0.05, 0.1) is 13.7 Å². The number of hydrogen-bond acceptors (Lipinski definition) is 3. The molecule has 3 aromatic rings. The zero-order valence-corrected chi connectivity index (χ0v) is 14.8. The van der Waals surface area contributed by atoms with Crippen LogP contribution in [0.5, 0.6) is 5.75 Å². The summed E-state index contributed by atoms with van der Waals surface area (Å²) in [5, 5.41) is 7.76. The maximum absolute atomic E-state index is 5.92. The first-order chi connectivity index (χ1) is 12.2. The van der Waals surface area contributed by atoms with E-state index in [-0.39, 0.29) is 0 Å². The lowest BCUT2D eigenvalue weighted by Crippen LogP contribution is -2.36. The first kappa shape index (κ1) is 16.9. The third-order valence-electron chi connectivity index (χ3n) is 4.20. The van der Waals surface area contributed by atoms with Crippen LogP contribution < -0.4 is 15.4 Å². The first-order valence-corrected chi connectivity index (χ1v) is 8.25. The Morgan fingerprint density at radius 3 is 2.44 bits per heavy atom. The number of aryl methyl sites for hydroxylation is 1. The van der Waals surface area contributed by atoms with Gasteiger partial charge in [-0.3, -0.25) is 4.99 Å². The molecule has 0 amide bonds. The molecule has 5 heteroatoms. The summed E-state index contributed by atoms with van der Waals surface area (Å²) < 4.78 is 11.1. The van der Waals surface area contributed by atoms with Crippen molar-refractivity contribution in [2.75, 3.05) is 14.2 Å². The molecule has 0 saturated carbocycles. The van der Waals surface area contributed by atoms with Gasteiger partial charge < -0.3 is 19.8 Å². The van der Waals surface area contributed by atoms with E-state index in [1.807, 2.05) is 42.5 Å². The number of ether oxygens (including phenoxy) is 1. The minimum absolute atomic E-state index is 0.586. The van der Waals surface area contributed by atoms with Gasteiger partial charge in [0.15, 0.2) is 5.96 Å². The molecule has 25 heavy (non-hydrogen) atoms. The topological polar surface area (TPSA) is 58.8 Å². The van der Waals surface area contributed by atoms with Crippen LogP contribution in [0.25, 0.3) is 11.0 Å². The lowest BCUT2D eigenvalue weighted by Gasteiger charge is -2.11. The van der Waals surface area contributed by atoms with E-state index >= 15 is 0 Å². The second kappa shape index (κ2) is 7.75. The van der Waals surface area contributed by atoms with Gasteiger partial charge in [-0.1, -0.05) is 30.3 Å². The molecule has 3 rings (SSSR count). The average molecular weight is 337 g/mol. The Labute approximate surface area is 147 Å². The molecule has 2 aromatic carbocycles. The molecule has 0 saturated heterocycles. The molecular formula is C20H23N3O2. The maximum atomic E-state index is 5.92. The van der Waals surface area contributed by atoms with Gasteiger partial charge in [-0.25, -0.2) is 0 Å². The third kappa shape index (κ3) is 3.94. The van der Waals surface area contributed by atoms with Crippen LogP contribution in [0, 0.1) is 6.92 Å². The standard InChI is InChI=1S/C20H23N3O2/c1-14-17-6-4-5-7-18(17)25-19(14)13-23-20(21-2)22-12-15-8-10-16(24-3)11-9-15/h4-11H,12-13H2,1-3H3,(H2,21,22,23). The molecule has 1 aromatic heterocycles. The molecule has 0 unspecified atom stereocenters. The quantitative estimate of drug-likeness (QED) is 0.551. The van der Waals surface area contributed by atoms with Crippen LogP contribution in [-0.4, -0.2) is 20.1 Å². The number of nitrogens with zero attached hydrogens (tertiary/aromatic N) is 1. The Morgan fingerprint density at radius 1 is 1.04 bits per heavy atom. The van der Waals surface area contributed by atoms with Crippen LogP contribution in [0.1, 0.15) is 16.9 Å². The van der Waals surface area contributed by atoms with E-state index in [2.05, 4.69) is 28.6 Å². The fourth-order valence-electron chi connectivity index (χ4n) is 2.71. The molecule has 130 valence electrons. The number of aliphatic imine (C=N–C) groups is 1. The zero-order chi connectivity index (χ0) is 17.6. The summed E-state index contributed by atoms with van der Waals surface area (Å²) in [7, 11) is 3.42.